The van der Waals surface area contributed by atoms with E-state index < -0.39 is 14.7 Å². The number of rotatable bonds is 5. The average Bonchev–Trinajstić information content (AvgIpc) is 2.77. The summed E-state index contributed by atoms with van der Waals surface area (Å²) in [6, 6.07) is 12.3. The summed E-state index contributed by atoms with van der Waals surface area (Å²) in [5.41, 5.74) is 3.13. The van der Waals surface area contributed by atoms with Gasteiger partial charge in [0.25, 0.3) is 6.35 Å². The van der Waals surface area contributed by atoms with Gasteiger partial charge in [0.15, 0.2) is 0 Å². The second-order valence-corrected chi connectivity index (χ2v) is 10.4. The van der Waals surface area contributed by atoms with Crippen LogP contribution in [0.2, 0.25) is 25.2 Å². The van der Waals surface area contributed by atoms with Crippen molar-refractivity contribution >= 4 is 19.9 Å². The first-order valence-corrected chi connectivity index (χ1v) is 10.9. The van der Waals surface area contributed by atoms with Gasteiger partial charge in [-0.3, -0.25) is 0 Å². The van der Waals surface area contributed by atoms with Crippen molar-refractivity contribution in [1.29, 1.82) is 0 Å². The summed E-state index contributed by atoms with van der Waals surface area (Å²) < 4.78 is 5.54. The standard InChI is InChI=1S/C17H29BOSi/c1-6-16-17(15-13-11-10-12-14-15)20(5,9-4)19-18(16,7-2)8-3/h10-14,19H,6-9H2,1-5H3. The summed E-state index contributed by atoms with van der Waals surface area (Å²) >= 11 is 0. The molecule has 20 heavy (non-hydrogen) atoms. The van der Waals surface area contributed by atoms with E-state index in [0.29, 0.717) is 0 Å². The Morgan fingerprint density at radius 2 is 1.60 bits per heavy atom. The number of allylic oxidation sites excluding steroid dienone is 1. The first-order valence-electron chi connectivity index (χ1n) is 8.28. The second-order valence-electron chi connectivity index (χ2n) is 6.38. The predicted molar refractivity (Wildman–Crippen MR) is 94.7 cm³/mol. The molecule has 1 N–H and O–H groups in total. The monoisotopic (exact) mass is 288 g/mol. The van der Waals surface area contributed by atoms with Crippen LogP contribution in [0.15, 0.2) is 35.8 Å². The van der Waals surface area contributed by atoms with E-state index in [4.69, 9.17) is 4.34 Å². The molecular weight excluding hydrogens is 259 g/mol. The fourth-order valence-corrected chi connectivity index (χ4v) is 8.40. The third-order valence-electron chi connectivity index (χ3n) is 5.52. The maximum atomic E-state index is 5.54. The van der Waals surface area contributed by atoms with Crippen molar-refractivity contribution in [2.45, 2.75) is 59.3 Å². The molecule has 0 bridgehead atoms. The van der Waals surface area contributed by atoms with Crippen LogP contribution in [0, 0.1) is 0 Å². The molecule has 3 heteroatoms. The van der Waals surface area contributed by atoms with E-state index in [1.54, 1.807) is 10.7 Å². The summed E-state index contributed by atoms with van der Waals surface area (Å²) in [5.74, 6) is 0. The van der Waals surface area contributed by atoms with E-state index in [9.17, 15) is 0 Å². The van der Waals surface area contributed by atoms with Crippen LogP contribution in [0.1, 0.15) is 39.7 Å². The van der Waals surface area contributed by atoms with Crippen molar-refractivity contribution in [2.75, 3.05) is 0 Å². The van der Waals surface area contributed by atoms with Crippen molar-refractivity contribution in [3.63, 3.8) is 0 Å². The van der Waals surface area contributed by atoms with E-state index in [1.165, 1.54) is 24.2 Å². The highest BCUT2D eigenvalue weighted by Crippen LogP contribution is 2.46. The lowest BCUT2D eigenvalue weighted by molar-refractivity contribution is 0.341. The molecule has 0 saturated carbocycles. The van der Waals surface area contributed by atoms with E-state index in [2.05, 4.69) is 64.6 Å². The molecule has 1 unspecified atom stereocenters. The minimum absolute atomic E-state index is 0.628. The van der Waals surface area contributed by atoms with Gasteiger partial charge in [-0.15, -0.1) is 18.1 Å². The minimum Gasteiger partial charge on any atom is -0.777 e. The molecule has 1 atom stereocenters. The molecule has 110 valence electrons. The Kier molecular flexibility index (Phi) is 4.60. The Bertz CT molecular complexity index is 493. The maximum Gasteiger partial charge on any atom is 0.360 e. The Labute approximate surface area is 125 Å². The van der Waals surface area contributed by atoms with Crippen molar-refractivity contribution < 1.29 is 4.34 Å². The molecule has 1 aromatic carbocycles. The smallest absolute Gasteiger partial charge is 0.360 e. The molecule has 1 aliphatic rings. The van der Waals surface area contributed by atoms with E-state index in [0.717, 1.165) is 6.42 Å². The Balaban J connectivity index is 2.67. The summed E-state index contributed by atoms with van der Waals surface area (Å²) in [5, 5.41) is 1.66. The molecule has 0 spiro atoms. The summed E-state index contributed by atoms with van der Waals surface area (Å²) in [7, 11) is -1.66. The quantitative estimate of drug-likeness (QED) is 0.531. The van der Waals surface area contributed by atoms with Crippen LogP contribution in [0.4, 0.5) is 0 Å². The van der Waals surface area contributed by atoms with E-state index >= 15 is 0 Å². The Morgan fingerprint density at radius 1 is 1.00 bits per heavy atom. The van der Waals surface area contributed by atoms with Gasteiger partial charge in [0.2, 0.25) is 0 Å². The van der Waals surface area contributed by atoms with Crippen LogP contribution in [0.5, 0.6) is 0 Å². The molecule has 0 aliphatic carbocycles. The highest BCUT2D eigenvalue weighted by atomic mass is 28.4. The third-order valence-corrected chi connectivity index (χ3v) is 9.65. The van der Waals surface area contributed by atoms with E-state index in [1.807, 2.05) is 0 Å². The minimum atomic E-state index is -1.66. The fraction of sp³-hybridized carbons (Fsp3) is 0.529. The van der Waals surface area contributed by atoms with Gasteiger partial charge in [-0.25, -0.2) is 0 Å². The largest absolute Gasteiger partial charge is 0.777 e. The van der Waals surface area contributed by atoms with Crippen molar-refractivity contribution in [3.8, 4) is 0 Å². The van der Waals surface area contributed by atoms with Gasteiger partial charge < -0.3 is 4.34 Å². The van der Waals surface area contributed by atoms with Gasteiger partial charge >= 0.3 is 8.32 Å². The third kappa shape index (κ3) is 2.31. The SMILES string of the molecule is CCC1=C(c2ccccc2)[Si](C)(CC)[OH+][B-]1(CC)CC. The summed E-state index contributed by atoms with van der Waals surface area (Å²) in [6.45, 7) is 11.8. The van der Waals surface area contributed by atoms with Gasteiger partial charge in [-0.05, 0) is 10.8 Å². The molecule has 1 heterocycles. The van der Waals surface area contributed by atoms with Crippen LogP contribution in [0.3, 0.4) is 0 Å². The molecule has 0 saturated heterocycles. The molecule has 0 amide bonds. The number of hydrogen-bond acceptors (Lipinski definition) is 0. The van der Waals surface area contributed by atoms with Crippen LogP contribution in [0.25, 0.3) is 5.20 Å². The van der Waals surface area contributed by atoms with Crippen LogP contribution in [-0.4, -0.2) is 19.0 Å². The zero-order valence-corrected chi connectivity index (χ0v) is 14.7. The Hall–Kier alpha value is -0.798. The molecule has 1 aliphatic heterocycles. The number of hydrogen-bond donors (Lipinski definition) is 0. The van der Waals surface area contributed by atoms with Crippen LogP contribution >= 0.6 is 0 Å². The van der Waals surface area contributed by atoms with Gasteiger partial charge in [-0.2, -0.15) is 0 Å². The lowest BCUT2D eigenvalue weighted by Gasteiger charge is -2.37. The van der Waals surface area contributed by atoms with Crippen LogP contribution < -0.4 is 0 Å². The summed E-state index contributed by atoms with van der Waals surface area (Å²) in [4.78, 5) is 0. The van der Waals surface area contributed by atoms with Gasteiger partial charge in [0.1, 0.15) is 0 Å². The maximum absolute atomic E-state index is 5.54. The Morgan fingerprint density at radius 3 is 2.05 bits per heavy atom. The molecule has 0 fully saturated rings. The van der Waals surface area contributed by atoms with Crippen molar-refractivity contribution in [1.82, 2.24) is 0 Å². The van der Waals surface area contributed by atoms with Crippen molar-refractivity contribution in [3.05, 3.63) is 41.4 Å². The highest BCUT2D eigenvalue weighted by molar-refractivity contribution is 7.04. The lowest BCUT2D eigenvalue weighted by atomic mass is 9.31. The van der Waals surface area contributed by atoms with Gasteiger partial charge in [-0.1, -0.05) is 64.4 Å². The topological polar surface area (TPSA) is 12.8 Å². The molecule has 1 aromatic rings. The van der Waals surface area contributed by atoms with Gasteiger partial charge in [0, 0.05) is 12.6 Å². The molecule has 1 nitrogen and oxygen atoms in total. The molecule has 2 rings (SSSR count). The van der Waals surface area contributed by atoms with Crippen molar-refractivity contribution in [2.24, 2.45) is 0 Å². The normalized spacial score (nSPS) is 25.2. The predicted octanol–water partition coefficient (Wildman–Crippen LogP) is 5.05. The van der Waals surface area contributed by atoms with Crippen LogP contribution in [-0.2, 0) is 0 Å². The molecule has 0 radical (unpaired) electrons. The second kappa shape index (κ2) is 5.90. The average molecular weight is 288 g/mol. The van der Waals surface area contributed by atoms with Gasteiger partial charge in [0.05, 0.1) is 0 Å². The zero-order valence-electron chi connectivity index (χ0n) is 13.7. The first kappa shape index (κ1) is 15.6. The zero-order chi connectivity index (χ0) is 14.8. The van der Waals surface area contributed by atoms with E-state index in [-0.39, 0.29) is 0 Å². The summed E-state index contributed by atoms with van der Waals surface area (Å²) in [6.07, 6.45) is 2.95. The number of benzene rings is 1. The lowest BCUT2D eigenvalue weighted by Crippen LogP contribution is -2.47. The first-order chi connectivity index (χ1) is 9.56. The highest BCUT2D eigenvalue weighted by Gasteiger charge is 2.53. The fourth-order valence-electron chi connectivity index (χ4n) is 4.19. The molecular formula is C17H29BOSi. The molecule has 0 aromatic heterocycles.